The van der Waals surface area contributed by atoms with Crippen LogP contribution in [0.4, 0.5) is 4.39 Å². The molecule has 1 aromatic rings. The standard InChI is InChI=1S/C13H15FN2O2/c1-16(8-3-7-15)13(17)6-9-18-12-5-2-4-11(14)10-12/h2,4-5,10H,3,6,8-9H2,1H3. The zero-order chi connectivity index (χ0) is 13.4. The second-order valence-electron chi connectivity index (χ2n) is 3.78. The summed E-state index contributed by atoms with van der Waals surface area (Å²) in [4.78, 5) is 13.1. The van der Waals surface area contributed by atoms with Crippen molar-refractivity contribution in [3.63, 3.8) is 0 Å². The van der Waals surface area contributed by atoms with Crippen molar-refractivity contribution in [1.29, 1.82) is 5.26 Å². The molecule has 0 aliphatic heterocycles. The van der Waals surface area contributed by atoms with Crippen molar-refractivity contribution in [2.45, 2.75) is 12.8 Å². The molecule has 0 atom stereocenters. The van der Waals surface area contributed by atoms with Crippen LogP contribution in [0, 0.1) is 17.1 Å². The second-order valence-corrected chi connectivity index (χ2v) is 3.78. The van der Waals surface area contributed by atoms with Gasteiger partial charge in [0, 0.05) is 19.7 Å². The fraction of sp³-hybridized carbons (Fsp3) is 0.385. The van der Waals surface area contributed by atoms with Crippen LogP contribution in [0.5, 0.6) is 5.75 Å². The fourth-order valence-electron chi connectivity index (χ4n) is 1.35. The number of hydrogen-bond donors (Lipinski definition) is 0. The van der Waals surface area contributed by atoms with E-state index in [2.05, 4.69) is 0 Å². The van der Waals surface area contributed by atoms with Gasteiger partial charge >= 0.3 is 0 Å². The van der Waals surface area contributed by atoms with Crippen LogP contribution in [0.2, 0.25) is 0 Å². The highest BCUT2D eigenvalue weighted by molar-refractivity contribution is 5.75. The first kappa shape index (κ1) is 14.0. The fourth-order valence-corrected chi connectivity index (χ4v) is 1.35. The van der Waals surface area contributed by atoms with E-state index in [4.69, 9.17) is 10.00 Å². The Morgan fingerprint density at radius 1 is 1.56 bits per heavy atom. The third-order valence-electron chi connectivity index (χ3n) is 2.37. The van der Waals surface area contributed by atoms with Gasteiger partial charge in [-0.25, -0.2) is 4.39 Å². The van der Waals surface area contributed by atoms with Crippen molar-refractivity contribution in [2.24, 2.45) is 0 Å². The lowest BCUT2D eigenvalue weighted by Crippen LogP contribution is -2.28. The van der Waals surface area contributed by atoms with Crippen molar-refractivity contribution in [3.05, 3.63) is 30.1 Å². The van der Waals surface area contributed by atoms with E-state index in [0.717, 1.165) is 0 Å². The smallest absolute Gasteiger partial charge is 0.225 e. The predicted octanol–water partition coefficient (Wildman–Crippen LogP) is 1.97. The van der Waals surface area contributed by atoms with Crippen molar-refractivity contribution < 1.29 is 13.9 Å². The van der Waals surface area contributed by atoms with Gasteiger partial charge in [0.15, 0.2) is 0 Å². The highest BCUT2D eigenvalue weighted by atomic mass is 19.1. The molecule has 0 fully saturated rings. The van der Waals surface area contributed by atoms with E-state index < -0.39 is 0 Å². The Kier molecular flexibility index (Phi) is 5.65. The van der Waals surface area contributed by atoms with Crippen LogP contribution < -0.4 is 4.74 Å². The summed E-state index contributed by atoms with van der Waals surface area (Å²) in [5.74, 6) is -0.0610. The van der Waals surface area contributed by atoms with Crippen molar-refractivity contribution in [2.75, 3.05) is 20.2 Å². The van der Waals surface area contributed by atoms with E-state index in [-0.39, 0.29) is 24.8 Å². The van der Waals surface area contributed by atoms with Gasteiger partial charge in [-0.05, 0) is 12.1 Å². The summed E-state index contributed by atoms with van der Waals surface area (Å²) in [6, 6.07) is 7.75. The van der Waals surface area contributed by atoms with Gasteiger partial charge in [-0.1, -0.05) is 6.07 Å². The van der Waals surface area contributed by atoms with Crippen LogP contribution in [-0.4, -0.2) is 31.0 Å². The topological polar surface area (TPSA) is 53.3 Å². The lowest BCUT2D eigenvalue weighted by Gasteiger charge is -2.15. The average molecular weight is 250 g/mol. The zero-order valence-electron chi connectivity index (χ0n) is 10.2. The first-order chi connectivity index (χ1) is 8.63. The van der Waals surface area contributed by atoms with Crippen molar-refractivity contribution in [3.8, 4) is 11.8 Å². The van der Waals surface area contributed by atoms with Gasteiger partial charge < -0.3 is 9.64 Å². The minimum absolute atomic E-state index is 0.0957. The van der Waals surface area contributed by atoms with Gasteiger partial charge in [-0.3, -0.25) is 4.79 Å². The number of nitriles is 1. The number of carbonyl (C=O) groups excluding carboxylic acids is 1. The SMILES string of the molecule is CN(CCC#N)C(=O)CCOc1cccc(F)c1. The quantitative estimate of drug-likeness (QED) is 0.775. The molecule has 0 aromatic heterocycles. The van der Waals surface area contributed by atoms with E-state index in [1.807, 2.05) is 6.07 Å². The van der Waals surface area contributed by atoms with Gasteiger partial charge in [0.25, 0.3) is 0 Å². The molecule has 1 rings (SSSR count). The van der Waals surface area contributed by atoms with Crippen LogP contribution >= 0.6 is 0 Å². The van der Waals surface area contributed by atoms with E-state index in [0.29, 0.717) is 18.7 Å². The number of rotatable bonds is 6. The van der Waals surface area contributed by atoms with Crippen LogP contribution in [0.1, 0.15) is 12.8 Å². The zero-order valence-corrected chi connectivity index (χ0v) is 10.2. The number of nitrogens with zero attached hydrogens (tertiary/aromatic N) is 2. The molecule has 0 aliphatic carbocycles. The summed E-state index contributed by atoms with van der Waals surface area (Å²) in [6.07, 6.45) is 0.519. The Labute approximate surface area is 106 Å². The van der Waals surface area contributed by atoms with Gasteiger partial charge in [0.05, 0.1) is 25.5 Å². The van der Waals surface area contributed by atoms with Crippen LogP contribution in [0.25, 0.3) is 0 Å². The molecule has 0 saturated carbocycles. The Hall–Kier alpha value is -2.09. The number of benzene rings is 1. The molecule has 0 unspecified atom stereocenters. The minimum atomic E-state index is -0.370. The van der Waals surface area contributed by atoms with Gasteiger partial charge in [-0.2, -0.15) is 5.26 Å². The summed E-state index contributed by atoms with van der Waals surface area (Å²) in [5.41, 5.74) is 0. The first-order valence-corrected chi connectivity index (χ1v) is 5.63. The monoisotopic (exact) mass is 250 g/mol. The Morgan fingerprint density at radius 2 is 2.33 bits per heavy atom. The maximum Gasteiger partial charge on any atom is 0.225 e. The van der Waals surface area contributed by atoms with Gasteiger partial charge in [-0.15, -0.1) is 0 Å². The summed E-state index contributed by atoms with van der Waals surface area (Å²) >= 11 is 0. The van der Waals surface area contributed by atoms with E-state index in [9.17, 15) is 9.18 Å². The molecule has 96 valence electrons. The Morgan fingerprint density at radius 3 is 3.00 bits per heavy atom. The number of hydrogen-bond acceptors (Lipinski definition) is 3. The predicted molar refractivity (Wildman–Crippen MR) is 64.4 cm³/mol. The lowest BCUT2D eigenvalue weighted by atomic mass is 10.3. The molecule has 0 N–H and O–H groups in total. The molecular weight excluding hydrogens is 235 g/mol. The molecule has 0 bridgehead atoms. The first-order valence-electron chi connectivity index (χ1n) is 5.63. The van der Waals surface area contributed by atoms with Crippen LogP contribution in [-0.2, 0) is 4.79 Å². The normalized spacial score (nSPS) is 9.61. The number of halogens is 1. The summed E-state index contributed by atoms with van der Waals surface area (Å²) < 4.78 is 18.1. The Bertz CT molecular complexity index is 443. The molecule has 0 radical (unpaired) electrons. The molecule has 4 nitrogen and oxygen atoms in total. The maximum absolute atomic E-state index is 12.8. The number of carbonyl (C=O) groups is 1. The molecule has 0 heterocycles. The largest absolute Gasteiger partial charge is 0.493 e. The summed E-state index contributed by atoms with van der Waals surface area (Å²) in [6.45, 7) is 0.606. The number of amides is 1. The van der Waals surface area contributed by atoms with Gasteiger partial charge in [0.2, 0.25) is 5.91 Å². The third-order valence-corrected chi connectivity index (χ3v) is 2.37. The van der Waals surface area contributed by atoms with Crippen molar-refractivity contribution in [1.82, 2.24) is 4.90 Å². The highest BCUT2D eigenvalue weighted by Crippen LogP contribution is 2.12. The highest BCUT2D eigenvalue weighted by Gasteiger charge is 2.08. The molecule has 1 amide bonds. The van der Waals surface area contributed by atoms with E-state index in [1.54, 1.807) is 19.2 Å². The van der Waals surface area contributed by atoms with Crippen molar-refractivity contribution >= 4 is 5.91 Å². The van der Waals surface area contributed by atoms with Crippen LogP contribution in [0.3, 0.4) is 0 Å². The summed E-state index contributed by atoms with van der Waals surface area (Å²) in [5, 5.41) is 8.40. The number of ether oxygens (including phenoxy) is 1. The minimum Gasteiger partial charge on any atom is -0.493 e. The Balaban J connectivity index is 2.29. The average Bonchev–Trinajstić information content (AvgIpc) is 2.35. The molecule has 5 heteroatoms. The molecule has 0 spiro atoms. The lowest BCUT2D eigenvalue weighted by molar-refractivity contribution is -0.130. The van der Waals surface area contributed by atoms with E-state index in [1.165, 1.54) is 17.0 Å². The molecule has 18 heavy (non-hydrogen) atoms. The third kappa shape index (κ3) is 4.83. The van der Waals surface area contributed by atoms with E-state index >= 15 is 0 Å². The van der Waals surface area contributed by atoms with Gasteiger partial charge in [0.1, 0.15) is 11.6 Å². The second kappa shape index (κ2) is 7.28. The molecule has 0 saturated heterocycles. The van der Waals surface area contributed by atoms with Crippen LogP contribution in [0.15, 0.2) is 24.3 Å². The molecular formula is C13H15FN2O2. The molecule has 1 aromatic carbocycles. The maximum atomic E-state index is 12.8. The summed E-state index contributed by atoms with van der Waals surface area (Å²) in [7, 11) is 1.64. The molecule has 0 aliphatic rings.